The summed E-state index contributed by atoms with van der Waals surface area (Å²) in [6.07, 6.45) is 2.30. The van der Waals surface area contributed by atoms with Crippen LogP contribution in [-0.2, 0) is 17.8 Å². The Morgan fingerprint density at radius 3 is 2.76 bits per heavy atom. The molecule has 17 heavy (non-hydrogen) atoms. The Labute approximate surface area is 98.7 Å². The van der Waals surface area contributed by atoms with Crippen molar-refractivity contribution in [1.82, 2.24) is 15.0 Å². The highest BCUT2D eigenvalue weighted by atomic mass is 16.4. The average Bonchev–Trinajstić information content (AvgIpc) is 2.75. The largest absolute Gasteiger partial charge is 0.481 e. The van der Waals surface area contributed by atoms with Crippen molar-refractivity contribution in [2.24, 2.45) is 0 Å². The smallest absolute Gasteiger partial charge is 0.303 e. The first-order valence-electron chi connectivity index (χ1n) is 5.39. The summed E-state index contributed by atoms with van der Waals surface area (Å²) in [7, 11) is 0. The third-order valence-corrected chi connectivity index (χ3v) is 2.37. The molecule has 5 heteroatoms. The lowest BCUT2D eigenvalue weighted by Crippen LogP contribution is -2.00. The molecule has 0 radical (unpaired) electrons. The highest BCUT2D eigenvalue weighted by molar-refractivity contribution is 5.66. The summed E-state index contributed by atoms with van der Waals surface area (Å²) in [6, 6.07) is 9.93. The van der Waals surface area contributed by atoms with Gasteiger partial charge in [-0.15, -0.1) is 5.10 Å². The van der Waals surface area contributed by atoms with Gasteiger partial charge in [0.1, 0.15) is 0 Å². The topological polar surface area (TPSA) is 68.0 Å². The Kier molecular flexibility index (Phi) is 3.49. The summed E-state index contributed by atoms with van der Waals surface area (Å²) >= 11 is 0. The fourth-order valence-corrected chi connectivity index (χ4v) is 1.54. The number of aryl methyl sites for hydroxylation is 1. The molecule has 1 heterocycles. The molecule has 0 saturated heterocycles. The van der Waals surface area contributed by atoms with Crippen LogP contribution in [0.3, 0.4) is 0 Å². The zero-order chi connectivity index (χ0) is 12.1. The first kappa shape index (κ1) is 11.3. The second-order valence-corrected chi connectivity index (χ2v) is 3.79. The molecular weight excluding hydrogens is 218 g/mol. The molecule has 1 N–H and O–H groups in total. The Hall–Kier alpha value is -2.17. The van der Waals surface area contributed by atoms with E-state index in [0.29, 0.717) is 18.7 Å². The van der Waals surface area contributed by atoms with Crippen molar-refractivity contribution in [3.63, 3.8) is 0 Å². The van der Waals surface area contributed by atoms with E-state index in [1.54, 1.807) is 10.9 Å². The Morgan fingerprint density at radius 2 is 2.06 bits per heavy atom. The molecule has 0 spiro atoms. The van der Waals surface area contributed by atoms with E-state index in [2.05, 4.69) is 10.3 Å². The van der Waals surface area contributed by atoms with Gasteiger partial charge in [-0.2, -0.15) is 0 Å². The van der Waals surface area contributed by atoms with Crippen molar-refractivity contribution in [3.05, 3.63) is 47.8 Å². The highest BCUT2D eigenvalue weighted by Gasteiger charge is 2.04. The van der Waals surface area contributed by atoms with Gasteiger partial charge < -0.3 is 5.11 Å². The number of rotatable bonds is 5. The van der Waals surface area contributed by atoms with Gasteiger partial charge >= 0.3 is 5.97 Å². The normalized spacial score (nSPS) is 10.4. The third kappa shape index (κ3) is 3.41. The van der Waals surface area contributed by atoms with Crippen molar-refractivity contribution in [1.29, 1.82) is 0 Å². The first-order valence-corrected chi connectivity index (χ1v) is 5.39. The van der Waals surface area contributed by atoms with Crippen molar-refractivity contribution in [2.75, 3.05) is 0 Å². The fourth-order valence-electron chi connectivity index (χ4n) is 1.54. The number of benzene rings is 1. The molecule has 0 fully saturated rings. The summed E-state index contributed by atoms with van der Waals surface area (Å²) < 4.78 is 1.71. The van der Waals surface area contributed by atoms with Crippen molar-refractivity contribution < 1.29 is 9.90 Å². The quantitative estimate of drug-likeness (QED) is 0.843. The van der Waals surface area contributed by atoms with Crippen LogP contribution >= 0.6 is 0 Å². The molecule has 0 aliphatic rings. The van der Waals surface area contributed by atoms with Gasteiger partial charge in [-0.1, -0.05) is 35.5 Å². The number of hydrogen-bond donors (Lipinski definition) is 1. The summed E-state index contributed by atoms with van der Waals surface area (Å²) in [4.78, 5) is 10.4. The molecule has 0 aliphatic carbocycles. The number of aliphatic carboxylic acids is 1. The molecule has 0 saturated carbocycles. The van der Waals surface area contributed by atoms with Gasteiger partial charge in [0.2, 0.25) is 0 Å². The van der Waals surface area contributed by atoms with Crippen molar-refractivity contribution in [2.45, 2.75) is 19.4 Å². The molecule has 1 aromatic heterocycles. The van der Waals surface area contributed by atoms with Crippen LogP contribution in [0.15, 0.2) is 36.5 Å². The van der Waals surface area contributed by atoms with E-state index >= 15 is 0 Å². The Morgan fingerprint density at radius 1 is 1.29 bits per heavy atom. The lowest BCUT2D eigenvalue weighted by Gasteiger charge is -1.99. The molecule has 0 atom stereocenters. The summed E-state index contributed by atoms with van der Waals surface area (Å²) in [5, 5.41) is 16.5. The molecule has 0 aliphatic heterocycles. The van der Waals surface area contributed by atoms with Crippen LogP contribution in [0.4, 0.5) is 0 Å². The predicted octanol–water partition coefficient (Wildman–Crippen LogP) is 1.34. The maximum absolute atomic E-state index is 10.4. The summed E-state index contributed by atoms with van der Waals surface area (Å²) in [5.41, 5.74) is 1.85. The number of hydrogen-bond acceptors (Lipinski definition) is 3. The van der Waals surface area contributed by atoms with E-state index in [1.165, 1.54) is 0 Å². The average molecular weight is 231 g/mol. The van der Waals surface area contributed by atoms with Gasteiger partial charge in [0.25, 0.3) is 0 Å². The van der Waals surface area contributed by atoms with Gasteiger partial charge in [0.15, 0.2) is 0 Å². The second-order valence-electron chi connectivity index (χ2n) is 3.79. The lowest BCUT2D eigenvalue weighted by atomic mass is 10.2. The van der Waals surface area contributed by atoms with E-state index in [0.717, 1.165) is 5.56 Å². The number of carbonyl (C=O) groups is 1. The van der Waals surface area contributed by atoms with Gasteiger partial charge in [-0.25, -0.2) is 4.68 Å². The predicted molar refractivity (Wildman–Crippen MR) is 61.5 cm³/mol. The van der Waals surface area contributed by atoms with Gasteiger partial charge in [0.05, 0.1) is 18.7 Å². The molecule has 88 valence electrons. The lowest BCUT2D eigenvalue weighted by molar-refractivity contribution is -0.136. The van der Waals surface area contributed by atoms with Gasteiger partial charge in [0, 0.05) is 12.6 Å². The fraction of sp³-hybridized carbons (Fsp3) is 0.250. The van der Waals surface area contributed by atoms with E-state index in [9.17, 15) is 4.79 Å². The minimum absolute atomic E-state index is 0.0873. The molecule has 0 amide bonds. The molecule has 0 unspecified atom stereocenters. The number of nitrogens with zero attached hydrogens (tertiary/aromatic N) is 3. The van der Waals surface area contributed by atoms with E-state index in [1.807, 2.05) is 30.3 Å². The van der Waals surface area contributed by atoms with Crippen LogP contribution in [0.1, 0.15) is 17.7 Å². The van der Waals surface area contributed by atoms with Crippen LogP contribution in [-0.4, -0.2) is 26.1 Å². The van der Waals surface area contributed by atoms with Crippen molar-refractivity contribution >= 4 is 5.97 Å². The monoisotopic (exact) mass is 231 g/mol. The van der Waals surface area contributed by atoms with E-state index in [4.69, 9.17) is 5.11 Å². The highest BCUT2D eigenvalue weighted by Crippen LogP contribution is 2.03. The molecule has 2 aromatic rings. The Bertz CT molecular complexity index is 493. The second kappa shape index (κ2) is 5.25. The first-order chi connectivity index (χ1) is 8.24. The zero-order valence-electron chi connectivity index (χ0n) is 9.28. The zero-order valence-corrected chi connectivity index (χ0v) is 9.28. The minimum Gasteiger partial charge on any atom is -0.481 e. The standard InChI is InChI=1S/C12H13N3O2/c16-12(17)7-6-11-9-15(14-13-11)8-10-4-2-1-3-5-10/h1-5,9H,6-8H2,(H,16,17). The molecular formula is C12H13N3O2. The van der Waals surface area contributed by atoms with Crippen LogP contribution in [0, 0.1) is 0 Å². The Balaban J connectivity index is 1.97. The number of carboxylic acid groups (broad SMARTS) is 1. The van der Waals surface area contributed by atoms with Crippen molar-refractivity contribution in [3.8, 4) is 0 Å². The van der Waals surface area contributed by atoms with Crippen LogP contribution < -0.4 is 0 Å². The van der Waals surface area contributed by atoms with Crippen LogP contribution in [0.2, 0.25) is 0 Å². The maximum atomic E-state index is 10.4. The number of carboxylic acids is 1. The van der Waals surface area contributed by atoms with Gasteiger partial charge in [-0.05, 0) is 5.56 Å². The molecule has 1 aromatic carbocycles. The number of aromatic nitrogens is 3. The van der Waals surface area contributed by atoms with E-state index < -0.39 is 5.97 Å². The van der Waals surface area contributed by atoms with Crippen LogP contribution in [0.25, 0.3) is 0 Å². The minimum atomic E-state index is -0.817. The molecule has 5 nitrogen and oxygen atoms in total. The third-order valence-electron chi connectivity index (χ3n) is 2.37. The summed E-state index contributed by atoms with van der Waals surface area (Å²) in [5.74, 6) is -0.817. The maximum Gasteiger partial charge on any atom is 0.303 e. The molecule has 2 rings (SSSR count). The van der Waals surface area contributed by atoms with Gasteiger partial charge in [-0.3, -0.25) is 4.79 Å². The summed E-state index contributed by atoms with van der Waals surface area (Å²) in [6.45, 7) is 0.654. The van der Waals surface area contributed by atoms with E-state index in [-0.39, 0.29) is 6.42 Å². The molecule has 0 bridgehead atoms. The van der Waals surface area contributed by atoms with Crippen LogP contribution in [0.5, 0.6) is 0 Å². The SMILES string of the molecule is O=C(O)CCc1cn(Cc2ccccc2)nn1.